The Morgan fingerprint density at radius 1 is 1.12 bits per heavy atom. The maximum Gasteiger partial charge on any atom is 0.191 e. The van der Waals surface area contributed by atoms with Crippen molar-refractivity contribution in [2.24, 2.45) is 4.99 Å². The Kier molecular flexibility index (Phi) is 5.36. The van der Waals surface area contributed by atoms with Crippen LogP contribution >= 0.6 is 0 Å². The summed E-state index contributed by atoms with van der Waals surface area (Å²) in [6.07, 6.45) is 7.03. The lowest BCUT2D eigenvalue weighted by Crippen LogP contribution is -2.36. The van der Waals surface area contributed by atoms with Crippen LogP contribution in [0.25, 0.3) is 5.82 Å². The lowest BCUT2D eigenvalue weighted by molar-refractivity contribution is 0.624. The monoisotopic (exact) mass is 338 g/mol. The van der Waals surface area contributed by atoms with Gasteiger partial charge in [0.25, 0.3) is 0 Å². The average molecular weight is 338 g/mol. The van der Waals surface area contributed by atoms with Crippen molar-refractivity contribution in [3.05, 3.63) is 78.3 Å². The minimum absolute atomic E-state index is 0.244. The van der Waals surface area contributed by atoms with Gasteiger partial charge in [0.15, 0.2) is 5.96 Å². The van der Waals surface area contributed by atoms with Gasteiger partial charge < -0.3 is 10.6 Å². The van der Waals surface area contributed by atoms with Gasteiger partial charge in [-0.15, -0.1) is 0 Å². The van der Waals surface area contributed by atoms with Crippen molar-refractivity contribution >= 4 is 5.96 Å². The van der Waals surface area contributed by atoms with Gasteiger partial charge in [-0.05, 0) is 35.4 Å². The summed E-state index contributed by atoms with van der Waals surface area (Å²) >= 11 is 0. The van der Waals surface area contributed by atoms with E-state index in [0.717, 1.165) is 16.9 Å². The number of nitrogens with zero attached hydrogens (tertiary/aromatic N) is 4. The van der Waals surface area contributed by atoms with Gasteiger partial charge in [0.05, 0.1) is 0 Å². The third kappa shape index (κ3) is 4.63. The Balaban J connectivity index is 1.57. The quantitative estimate of drug-likeness (QED) is 0.553. The number of aromatic nitrogens is 3. The molecular weight excluding hydrogens is 319 g/mol. The highest BCUT2D eigenvalue weighted by molar-refractivity contribution is 5.79. The standard InChI is InChI=1S/C18H19FN6/c1-20-18(23-11-14-3-2-4-16(19)9-14)24-12-15-5-6-22-17(10-15)25-8-7-21-13-25/h2-10,13H,11-12H2,1H3,(H2,20,23,24). The first-order valence-electron chi connectivity index (χ1n) is 7.87. The first-order chi connectivity index (χ1) is 12.2. The van der Waals surface area contributed by atoms with Gasteiger partial charge >= 0.3 is 0 Å². The number of imidazole rings is 1. The lowest BCUT2D eigenvalue weighted by Gasteiger charge is -2.12. The molecule has 1 aromatic carbocycles. The third-order valence-corrected chi connectivity index (χ3v) is 3.61. The summed E-state index contributed by atoms with van der Waals surface area (Å²) in [5.74, 6) is 1.20. The van der Waals surface area contributed by atoms with E-state index in [0.29, 0.717) is 19.0 Å². The summed E-state index contributed by atoms with van der Waals surface area (Å²) in [6.45, 7) is 1.08. The molecule has 2 aromatic heterocycles. The number of halogens is 1. The van der Waals surface area contributed by atoms with Gasteiger partial charge in [-0.3, -0.25) is 9.56 Å². The number of pyridine rings is 1. The highest BCUT2D eigenvalue weighted by Gasteiger charge is 2.02. The highest BCUT2D eigenvalue weighted by Crippen LogP contribution is 2.07. The zero-order valence-corrected chi connectivity index (χ0v) is 13.9. The van der Waals surface area contributed by atoms with Crippen LogP contribution in [0.2, 0.25) is 0 Å². The molecule has 7 heteroatoms. The van der Waals surface area contributed by atoms with Crippen LogP contribution in [-0.4, -0.2) is 27.5 Å². The van der Waals surface area contributed by atoms with Crippen molar-refractivity contribution in [2.75, 3.05) is 7.05 Å². The SMILES string of the molecule is CN=C(NCc1cccc(F)c1)NCc1ccnc(-n2ccnc2)c1. The Morgan fingerprint density at radius 3 is 2.60 bits per heavy atom. The molecule has 0 aliphatic rings. The largest absolute Gasteiger partial charge is 0.352 e. The number of rotatable bonds is 5. The molecule has 0 aliphatic heterocycles. The predicted octanol–water partition coefficient (Wildman–Crippen LogP) is 2.27. The van der Waals surface area contributed by atoms with Crippen LogP contribution in [0, 0.1) is 5.82 Å². The van der Waals surface area contributed by atoms with Gasteiger partial charge in [-0.2, -0.15) is 0 Å². The molecule has 25 heavy (non-hydrogen) atoms. The van der Waals surface area contributed by atoms with Gasteiger partial charge in [-0.1, -0.05) is 12.1 Å². The van der Waals surface area contributed by atoms with E-state index in [1.165, 1.54) is 12.1 Å². The summed E-state index contributed by atoms with van der Waals surface area (Å²) in [4.78, 5) is 12.5. The third-order valence-electron chi connectivity index (χ3n) is 3.61. The van der Waals surface area contributed by atoms with Crippen LogP contribution in [0.3, 0.4) is 0 Å². The summed E-state index contributed by atoms with van der Waals surface area (Å²) < 4.78 is 15.1. The van der Waals surface area contributed by atoms with Crippen LogP contribution in [-0.2, 0) is 13.1 Å². The first-order valence-corrected chi connectivity index (χ1v) is 7.87. The van der Waals surface area contributed by atoms with E-state index >= 15 is 0 Å². The summed E-state index contributed by atoms with van der Waals surface area (Å²) in [5, 5.41) is 6.40. The van der Waals surface area contributed by atoms with Crippen molar-refractivity contribution in [3.63, 3.8) is 0 Å². The van der Waals surface area contributed by atoms with Gasteiger partial charge in [0, 0.05) is 38.7 Å². The van der Waals surface area contributed by atoms with Gasteiger partial charge in [-0.25, -0.2) is 14.4 Å². The van der Waals surface area contributed by atoms with Crippen LogP contribution < -0.4 is 10.6 Å². The fourth-order valence-electron chi connectivity index (χ4n) is 2.35. The number of hydrogen-bond acceptors (Lipinski definition) is 3. The molecule has 0 atom stereocenters. The van der Waals surface area contributed by atoms with E-state index < -0.39 is 0 Å². The summed E-state index contributed by atoms with van der Waals surface area (Å²) in [5.41, 5.74) is 1.92. The van der Waals surface area contributed by atoms with E-state index in [-0.39, 0.29) is 5.82 Å². The fourth-order valence-corrected chi connectivity index (χ4v) is 2.35. The second-order valence-corrected chi connectivity index (χ2v) is 5.40. The smallest absolute Gasteiger partial charge is 0.191 e. The number of guanidine groups is 1. The minimum Gasteiger partial charge on any atom is -0.352 e. The molecule has 3 rings (SSSR count). The second-order valence-electron chi connectivity index (χ2n) is 5.40. The normalized spacial score (nSPS) is 11.4. The van der Waals surface area contributed by atoms with Crippen LogP contribution in [0.15, 0.2) is 66.3 Å². The molecule has 0 radical (unpaired) electrons. The van der Waals surface area contributed by atoms with E-state index in [9.17, 15) is 4.39 Å². The fraction of sp³-hybridized carbons (Fsp3) is 0.167. The zero-order chi connectivity index (χ0) is 17.5. The van der Waals surface area contributed by atoms with E-state index in [1.54, 1.807) is 31.8 Å². The summed E-state index contributed by atoms with van der Waals surface area (Å²) in [7, 11) is 1.70. The molecule has 0 aliphatic carbocycles. The van der Waals surface area contributed by atoms with Crippen LogP contribution in [0.4, 0.5) is 4.39 Å². The molecule has 2 N–H and O–H groups in total. The van der Waals surface area contributed by atoms with E-state index in [1.807, 2.05) is 29.0 Å². The maximum absolute atomic E-state index is 13.2. The van der Waals surface area contributed by atoms with E-state index in [4.69, 9.17) is 0 Å². The van der Waals surface area contributed by atoms with Crippen molar-refractivity contribution in [1.29, 1.82) is 0 Å². The zero-order valence-electron chi connectivity index (χ0n) is 13.9. The minimum atomic E-state index is -0.244. The van der Waals surface area contributed by atoms with Crippen molar-refractivity contribution < 1.29 is 4.39 Å². The molecule has 0 unspecified atom stereocenters. The first kappa shape index (κ1) is 16.6. The highest BCUT2D eigenvalue weighted by atomic mass is 19.1. The molecular formula is C18H19FN6. The topological polar surface area (TPSA) is 67.1 Å². The second kappa shape index (κ2) is 8.05. The lowest BCUT2D eigenvalue weighted by atomic mass is 10.2. The van der Waals surface area contributed by atoms with Crippen LogP contribution in [0.5, 0.6) is 0 Å². The van der Waals surface area contributed by atoms with Crippen molar-refractivity contribution in [2.45, 2.75) is 13.1 Å². The number of aliphatic imine (C=N–C) groups is 1. The van der Waals surface area contributed by atoms with Gasteiger partial charge in [0.1, 0.15) is 18.0 Å². The molecule has 0 amide bonds. The Hall–Kier alpha value is -3.22. The molecule has 0 saturated carbocycles. The maximum atomic E-state index is 13.2. The molecule has 6 nitrogen and oxygen atoms in total. The molecule has 2 heterocycles. The molecule has 3 aromatic rings. The Labute approximate surface area is 145 Å². The van der Waals surface area contributed by atoms with Crippen molar-refractivity contribution in [1.82, 2.24) is 25.2 Å². The van der Waals surface area contributed by atoms with E-state index in [2.05, 4.69) is 25.6 Å². The molecule has 0 fully saturated rings. The molecule has 0 spiro atoms. The van der Waals surface area contributed by atoms with Gasteiger partial charge in [0.2, 0.25) is 0 Å². The predicted molar refractivity (Wildman–Crippen MR) is 94.8 cm³/mol. The Morgan fingerprint density at radius 2 is 1.92 bits per heavy atom. The molecule has 128 valence electrons. The van der Waals surface area contributed by atoms with Crippen LogP contribution in [0.1, 0.15) is 11.1 Å². The average Bonchev–Trinajstić information content (AvgIpc) is 3.17. The number of hydrogen-bond donors (Lipinski definition) is 2. The van der Waals surface area contributed by atoms with Crippen molar-refractivity contribution in [3.8, 4) is 5.82 Å². The Bertz CT molecular complexity index is 844. The molecule has 0 saturated heterocycles. The number of benzene rings is 1. The summed E-state index contributed by atoms with van der Waals surface area (Å²) in [6, 6.07) is 10.4. The molecule has 0 bridgehead atoms. The number of nitrogens with one attached hydrogen (secondary N) is 2.